The number of furan rings is 1. The summed E-state index contributed by atoms with van der Waals surface area (Å²) < 4.78 is 11.6. The van der Waals surface area contributed by atoms with Crippen LogP contribution in [-0.4, -0.2) is 6.54 Å². The van der Waals surface area contributed by atoms with Gasteiger partial charge in [-0.1, -0.05) is 32.9 Å². The zero-order chi connectivity index (χ0) is 15.2. The van der Waals surface area contributed by atoms with Crippen LogP contribution in [0.4, 0.5) is 0 Å². The van der Waals surface area contributed by atoms with Crippen molar-refractivity contribution in [2.24, 2.45) is 0 Å². The van der Waals surface area contributed by atoms with Crippen LogP contribution in [0.15, 0.2) is 34.7 Å². The number of hydrogen-bond donors (Lipinski definition) is 1. The molecule has 2 rings (SSSR count). The van der Waals surface area contributed by atoms with Crippen LogP contribution in [0.1, 0.15) is 49.3 Å². The maximum Gasteiger partial charge on any atom is 0.120 e. The molecule has 0 bridgehead atoms. The fraction of sp³-hybridized carbons (Fsp3) is 0.444. The molecule has 3 nitrogen and oxygen atoms in total. The highest BCUT2D eigenvalue weighted by molar-refractivity contribution is 5.31. The van der Waals surface area contributed by atoms with E-state index in [0.29, 0.717) is 12.5 Å². The number of nitrogens with one attached hydrogen (secondary N) is 1. The average molecular weight is 287 g/mol. The minimum atomic E-state index is 0.510. The molecule has 0 fully saturated rings. The van der Waals surface area contributed by atoms with E-state index in [9.17, 15) is 0 Å². The fourth-order valence-corrected chi connectivity index (χ4v) is 2.19. The van der Waals surface area contributed by atoms with E-state index in [1.165, 1.54) is 5.56 Å². The third-order valence-corrected chi connectivity index (χ3v) is 3.54. The second-order valence-corrected chi connectivity index (χ2v) is 5.59. The van der Waals surface area contributed by atoms with Gasteiger partial charge in [0, 0.05) is 5.56 Å². The molecule has 0 radical (unpaired) electrons. The van der Waals surface area contributed by atoms with Crippen molar-refractivity contribution in [1.82, 2.24) is 5.32 Å². The van der Waals surface area contributed by atoms with Gasteiger partial charge in [-0.3, -0.25) is 0 Å². The van der Waals surface area contributed by atoms with Crippen molar-refractivity contribution in [3.63, 3.8) is 0 Å². The number of aryl methyl sites for hydroxylation is 1. The molecule has 0 saturated carbocycles. The van der Waals surface area contributed by atoms with E-state index in [1.807, 2.05) is 19.1 Å². The lowest BCUT2D eigenvalue weighted by molar-refractivity contribution is 0.302. The van der Waals surface area contributed by atoms with Crippen molar-refractivity contribution in [3.8, 4) is 5.75 Å². The Morgan fingerprint density at radius 2 is 2.05 bits per heavy atom. The highest BCUT2D eigenvalue weighted by Crippen LogP contribution is 2.22. The molecule has 21 heavy (non-hydrogen) atoms. The lowest BCUT2D eigenvalue weighted by Gasteiger charge is -2.09. The molecule has 2 aromatic rings. The number of benzene rings is 1. The predicted molar refractivity (Wildman–Crippen MR) is 85.7 cm³/mol. The van der Waals surface area contributed by atoms with Crippen LogP contribution < -0.4 is 10.1 Å². The lowest BCUT2D eigenvalue weighted by Crippen LogP contribution is -2.10. The Morgan fingerprint density at radius 1 is 1.24 bits per heavy atom. The second kappa shape index (κ2) is 7.32. The van der Waals surface area contributed by atoms with Gasteiger partial charge < -0.3 is 14.5 Å². The van der Waals surface area contributed by atoms with Gasteiger partial charge in [0.1, 0.15) is 23.9 Å². The molecule has 0 atom stereocenters. The molecule has 0 aliphatic carbocycles. The molecule has 3 heteroatoms. The van der Waals surface area contributed by atoms with Gasteiger partial charge in [-0.2, -0.15) is 0 Å². The van der Waals surface area contributed by atoms with Crippen LogP contribution in [0.2, 0.25) is 0 Å². The van der Waals surface area contributed by atoms with Crippen LogP contribution in [0.5, 0.6) is 5.75 Å². The van der Waals surface area contributed by atoms with Gasteiger partial charge in [0.25, 0.3) is 0 Å². The number of rotatable bonds is 7. The van der Waals surface area contributed by atoms with Gasteiger partial charge >= 0.3 is 0 Å². The van der Waals surface area contributed by atoms with Gasteiger partial charge in [0.15, 0.2) is 0 Å². The molecule has 0 unspecified atom stereocenters. The standard InChI is InChI=1S/C18H25NO2/c1-5-19-11-18-10-16(14(4)21-18)12-20-17-8-6-7-15(9-17)13(2)3/h6-10,13,19H,5,11-12H2,1-4H3. The molecule has 114 valence electrons. The molecule has 0 saturated heterocycles. The van der Waals surface area contributed by atoms with E-state index < -0.39 is 0 Å². The molecule has 1 aromatic carbocycles. The molecule has 0 aliphatic heterocycles. The molecular formula is C18H25NO2. The van der Waals surface area contributed by atoms with E-state index in [2.05, 4.69) is 44.3 Å². The summed E-state index contributed by atoms with van der Waals surface area (Å²) in [5, 5.41) is 3.26. The molecule has 1 N–H and O–H groups in total. The first kappa shape index (κ1) is 15.6. The molecule has 1 heterocycles. The lowest BCUT2D eigenvalue weighted by atomic mass is 10.0. The summed E-state index contributed by atoms with van der Waals surface area (Å²) in [5.74, 6) is 3.32. The maximum absolute atomic E-state index is 5.90. The summed E-state index contributed by atoms with van der Waals surface area (Å²) in [6.45, 7) is 10.7. The van der Waals surface area contributed by atoms with E-state index in [-0.39, 0.29) is 0 Å². The van der Waals surface area contributed by atoms with Crippen LogP contribution in [0.3, 0.4) is 0 Å². The van der Waals surface area contributed by atoms with Crippen molar-refractivity contribution in [1.29, 1.82) is 0 Å². The first-order valence-corrected chi connectivity index (χ1v) is 7.61. The smallest absolute Gasteiger partial charge is 0.120 e. The Labute approximate surface area is 127 Å². The van der Waals surface area contributed by atoms with Crippen LogP contribution in [0, 0.1) is 6.92 Å². The molecule has 1 aromatic heterocycles. The molecule has 0 spiro atoms. The zero-order valence-corrected chi connectivity index (χ0v) is 13.4. The Hall–Kier alpha value is -1.74. The Morgan fingerprint density at radius 3 is 2.76 bits per heavy atom. The summed E-state index contributed by atoms with van der Waals surface area (Å²) in [4.78, 5) is 0. The monoisotopic (exact) mass is 287 g/mol. The van der Waals surface area contributed by atoms with Gasteiger partial charge in [-0.25, -0.2) is 0 Å². The van der Waals surface area contributed by atoms with E-state index in [1.54, 1.807) is 0 Å². The van der Waals surface area contributed by atoms with Crippen molar-refractivity contribution in [3.05, 3.63) is 53.0 Å². The van der Waals surface area contributed by atoms with Gasteiger partial charge in [-0.15, -0.1) is 0 Å². The van der Waals surface area contributed by atoms with Crippen molar-refractivity contribution < 1.29 is 9.15 Å². The fourth-order valence-electron chi connectivity index (χ4n) is 2.19. The number of ether oxygens (including phenoxy) is 1. The largest absolute Gasteiger partial charge is 0.489 e. The Balaban J connectivity index is 1.99. The van der Waals surface area contributed by atoms with Crippen molar-refractivity contribution >= 4 is 0 Å². The highest BCUT2D eigenvalue weighted by Gasteiger charge is 2.08. The van der Waals surface area contributed by atoms with Gasteiger partial charge in [-0.05, 0) is 43.1 Å². The molecular weight excluding hydrogens is 262 g/mol. The van der Waals surface area contributed by atoms with Gasteiger partial charge in [0.05, 0.1) is 6.54 Å². The molecule has 0 amide bonds. The maximum atomic E-state index is 5.90. The minimum absolute atomic E-state index is 0.510. The van der Waals surface area contributed by atoms with Crippen molar-refractivity contribution in [2.75, 3.05) is 6.54 Å². The summed E-state index contributed by atoms with van der Waals surface area (Å²) >= 11 is 0. The summed E-state index contributed by atoms with van der Waals surface area (Å²) in [5.41, 5.74) is 2.40. The first-order chi connectivity index (χ1) is 10.1. The van der Waals surface area contributed by atoms with E-state index in [0.717, 1.165) is 35.9 Å². The van der Waals surface area contributed by atoms with Crippen LogP contribution in [0.25, 0.3) is 0 Å². The predicted octanol–water partition coefficient (Wildman–Crippen LogP) is 4.40. The van der Waals surface area contributed by atoms with E-state index >= 15 is 0 Å². The normalized spacial score (nSPS) is 11.1. The summed E-state index contributed by atoms with van der Waals surface area (Å²) in [6, 6.07) is 10.4. The highest BCUT2D eigenvalue weighted by atomic mass is 16.5. The summed E-state index contributed by atoms with van der Waals surface area (Å²) in [6.07, 6.45) is 0. The Bertz CT molecular complexity index is 572. The quantitative estimate of drug-likeness (QED) is 0.819. The van der Waals surface area contributed by atoms with Crippen molar-refractivity contribution in [2.45, 2.75) is 46.8 Å². The number of hydrogen-bond acceptors (Lipinski definition) is 3. The molecule has 0 aliphatic rings. The van der Waals surface area contributed by atoms with Crippen LogP contribution >= 0.6 is 0 Å². The average Bonchev–Trinajstić information content (AvgIpc) is 2.83. The topological polar surface area (TPSA) is 34.4 Å². The minimum Gasteiger partial charge on any atom is -0.489 e. The van der Waals surface area contributed by atoms with Crippen LogP contribution in [-0.2, 0) is 13.2 Å². The first-order valence-electron chi connectivity index (χ1n) is 7.61. The van der Waals surface area contributed by atoms with E-state index in [4.69, 9.17) is 9.15 Å². The zero-order valence-electron chi connectivity index (χ0n) is 13.4. The SMILES string of the molecule is CCNCc1cc(COc2cccc(C(C)C)c2)c(C)o1. The third kappa shape index (κ3) is 4.36. The van der Waals surface area contributed by atoms with Gasteiger partial charge in [0.2, 0.25) is 0 Å². The second-order valence-electron chi connectivity index (χ2n) is 5.59. The third-order valence-electron chi connectivity index (χ3n) is 3.54. The summed E-state index contributed by atoms with van der Waals surface area (Å²) in [7, 11) is 0. The Kier molecular flexibility index (Phi) is 5.45.